The Morgan fingerprint density at radius 3 is 2.48 bits per heavy atom. The molecule has 0 heterocycles. The van der Waals surface area contributed by atoms with Gasteiger partial charge < -0.3 is 5.32 Å². The number of nitrogens with one attached hydrogen (secondary N) is 1. The van der Waals surface area contributed by atoms with E-state index >= 15 is 0 Å². The maximum atomic E-state index is 12.6. The predicted octanol–water partition coefficient (Wildman–Crippen LogP) is 3.97. The van der Waals surface area contributed by atoms with Crippen LogP contribution in [0.1, 0.15) is 15.9 Å². The highest BCUT2D eigenvalue weighted by atomic mass is 79.9. The Hall–Kier alpha value is -1.59. The van der Waals surface area contributed by atoms with Gasteiger partial charge >= 0.3 is 0 Å². The van der Waals surface area contributed by atoms with Crippen molar-refractivity contribution in [1.82, 2.24) is 0 Å². The molecule has 2 aromatic rings. The summed E-state index contributed by atoms with van der Waals surface area (Å²) in [5, 5.41) is 2.94. The van der Waals surface area contributed by atoms with Crippen LogP contribution in [-0.4, -0.2) is 23.3 Å². The average molecular weight is 364 g/mol. The van der Waals surface area contributed by atoms with Crippen LogP contribution in [0.25, 0.3) is 0 Å². The topological polar surface area (TPSA) is 46.2 Å². The lowest BCUT2D eigenvalue weighted by molar-refractivity contribution is -0.113. The number of anilines is 1. The van der Waals surface area contributed by atoms with Crippen LogP contribution >= 0.6 is 27.7 Å². The molecule has 0 unspecified atom stereocenters. The summed E-state index contributed by atoms with van der Waals surface area (Å²) in [6.45, 7) is 0. The predicted molar refractivity (Wildman–Crippen MR) is 90.5 cm³/mol. The van der Waals surface area contributed by atoms with E-state index in [1.54, 1.807) is 30.0 Å². The number of amides is 1. The normalized spacial score (nSPS) is 10.2. The summed E-state index contributed by atoms with van der Waals surface area (Å²) in [5.41, 5.74) is 1.64. The van der Waals surface area contributed by atoms with Crippen LogP contribution in [0.2, 0.25) is 0 Å². The van der Waals surface area contributed by atoms with Gasteiger partial charge in [-0.1, -0.05) is 46.3 Å². The molecule has 0 atom stereocenters. The number of halogens is 1. The molecule has 0 aliphatic carbocycles. The number of ketones is 1. The number of hydrogen-bond acceptors (Lipinski definition) is 3. The first-order chi connectivity index (χ1) is 10.2. The molecular formula is C16H14BrNO2S. The quantitative estimate of drug-likeness (QED) is 0.496. The zero-order valence-corrected chi connectivity index (χ0v) is 13.8. The zero-order chi connectivity index (χ0) is 15.2. The van der Waals surface area contributed by atoms with E-state index < -0.39 is 0 Å². The second kappa shape index (κ2) is 7.43. The largest absolute Gasteiger partial charge is 0.325 e. The van der Waals surface area contributed by atoms with Gasteiger partial charge in [0, 0.05) is 16.0 Å². The van der Waals surface area contributed by atoms with Gasteiger partial charge in [-0.05, 0) is 24.5 Å². The smallest absolute Gasteiger partial charge is 0.235 e. The molecular weight excluding hydrogens is 350 g/mol. The van der Waals surface area contributed by atoms with Crippen LogP contribution in [-0.2, 0) is 4.79 Å². The van der Waals surface area contributed by atoms with E-state index in [2.05, 4.69) is 21.2 Å². The first-order valence-electron chi connectivity index (χ1n) is 6.29. The molecule has 0 saturated heterocycles. The molecule has 21 heavy (non-hydrogen) atoms. The van der Waals surface area contributed by atoms with Crippen molar-refractivity contribution in [2.45, 2.75) is 4.90 Å². The Morgan fingerprint density at radius 1 is 1.14 bits per heavy atom. The van der Waals surface area contributed by atoms with E-state index in [1.807, 2.05) is 36.6 Å². The summed E-state index contributed by atoms with van der Waals surface area (Å²) < 4.78 is 0. The summed E-state index contributed by atoms with van der Waals surface area (Å²) in [4.78, 5) is 25.2. The Balaban J connectivity index is 2.44. The SMILES string of the molecule is CSc1ccc(NC(=O)CBr)c(C(=O)c2ccccc2)c1. The fourth-order valence-corrected chi connectivity index (χ4v) is 2.46. The molecule has 0 fully saturated rings. The van der Waals surface area contributed by atoms with Gasteiger partial charge in [-0.2, -0.15) is 0 Å². The molecule has 1 N–H and O–H groups in total. The Morgan fingerprint density at radius 2 is 1.86 bits per heavy atom. The number of hydrogen-bond donors (Lipinski definition) is 1. The van der Waals surface area contributed by atoms with E-state index in [9.17, 15) is 9.59 Å². The first-order valence-corrected chi connectivity index (χ1v) is 8.64. The van der Waals surface area contributed by atoms with E-state index in [0.717, 1.165) is 4.90 Å². The van der Waals surface area contributed by atoms with Crippen molar-refractivity contribution >= 4 is 45.1 Å². The van der Waals surface area contributed by atoms with Gasteiger partial charge in [0.25, 0.3) is 0 Å². The molecule has 3 nitrogen and oxygen atoms in total. The molecule has 0 saturated carbocycles. The van der Waals surface area contributed by atoms with Crippen LogP contribution in [0.3, 0.4) is 0 Å². The molecule has 0 aromatic heterocycles. The average Bonchev–Trinajstić information content (AvgIpc) is 2.55. The summed E-state index contributed by atoms with van der Waals surface area (Å²) in [5.74, 6) is -0.287. The molecule has 108 valence electrons. The van der Waals surface area contributed by atoms with E-state index in [1.165, 1.54) is 0 Å². The molecule has 0 aliphatic rings. The van der Waals surface area contributed by atoms with Crippen molar-refractivity contribution in [2.24, 2.45) is 0 Å². The third-order valence-corrected chi connectivity index (χ3v) is 4.14. The van der Waals surface area contributed by atoms with Crippen molar-refractivity contribution in [1.29, 1.82) is 0 Å². The van der Waals surface area contributed by atoms with Crippen LogP contribution in [0.5, 0.6) is 0 Å². The van der Waals surface area contributed by atoms with Crippen molar-refractivity contribution in [3.05, 3.63) is 59.7 Å². The molecule has 0 spiro atoms. The number of benzene rings is 2. The second-order valence-corrected chi connectivity index (χ2v) is 5.73. The van der Waals surface area contributed by atoms with Gasteiger partial charge in [0.1, 0.15) is 0 Å². The van der Waals surface area contributed by atoms with Gasteiger partial charge in [-0.25, -0.2) is 0 Å². The third-order valence-electron chi connectivity index (χ3n) is 2.90. The number of thioether (sulfide) groups is 1. The second-order valence-electron chi connectivity index (χ2n) is 4.29. The van der Waals surface area contributed by atoms with Crippen molar-refractivity contribution in [3.63, 3.8) is 0 Å². The molecule has 0 radical (unpaired) electrons. The van der Waals surface area contributed by atoms with Crippen molar-refractivity contribution in [2.75, 3.05) is 16.9 Å². The maximum Gasteiger partial charge on any atom is 0.235 e. The van der Waals surface area contributed by atoms with Crippen LogP contribution in [0, 0.1) is 0 Å². The molecule has 0 bridgehead atoms. The lowest BCUT2D eigenvalue weighted by atomic mass is 10.0. The van der Waals surface area contributed by atoms with Gasteiger partial charge in [0.2, 0.25) is 5.91 Å². The highest BCUT2D eigenvalue weighted by Crippen LogP contribution is 2.25. The highest BCUT2D eigenvalue weighted by molar-refractivity contribution is 9.09. The van der Waals surface area contributed by atoms with Gasteiger partial charge in [-0.15, -0.1) is 11.8 Å². The molecule has 1 amide bonds. The van der Waals surface area contributed by atoms with Crippen LogP contribution in [0.15, 0.2) is 53.4 Å². The molecule has 0 aliphatic heterocycles. The first kappa shape index (κ1) is 15.8. The number of rotatable bonds is 5. The zero-order valence-electron chi connectivity index (χ0n) is 11.4. The van der Waals surface area contributed by atoms with E-state index in [4.69, 9.17) is 0 Å². The molecule has 2 aromatic carbocycles. The summed E-state index contributed by atoms with van der Waals surface area (Å²) in [7, 11) is 0. The van der Waals surface area contributed by atoms with Gasteiger partial charge in [0.15, 0.2) is 5.78 Å². The third kappa shape index (κ3) is 3.95. The fourth-order valence-electron chi connectivity index (χ4n) is 1.88. The monoisotopic (exact) mass is 363 g/mol. The lowest BCUT2D eigenvalue weighted by Gasteiger charge is -2.11. The summed E-state index contributed by atoms with van der Waals surface area (Å²) in [6, 6.07) is 14.5. The van der Waals surface area contributed by atoms with Crippen molar-refractivity contribution in [3.8, 4) is 0 Å². The summed E-state index contributed by atoms with van der Waals surface area (Å²) in [6.07, 6.45) is 1.95. The van der Waals surface area contributed by atoms with Gasteiger partial charge in [-0.3, -0.25) is 9.59 Å². The van der Waals surface area contributed by atoms with Crippen LogP contribution in [0.4, 0.5) is 5.69 Å². The number of carbonyl (C=O) groups is 2. The van der Waals surface area contributed by atoms with Gasteiger partial charge in [0.05, 0.1) is 11.0 Å². The standard InChI is InChI=1S/C16H14BrNO2S/c1-21-12-7-8-14(18-15(19)10-17)13(9-12)16(20)11-5-3-2-4-6-11/h2-9H,10H2,1H3,(H,18,19). The van der Waals surface area contributed by atoms with E-state index in [-0.39, 0.29) is 17.0 Å². The molecule has 5 heteroatoms. The highest BCUT2D eigenvalue weighted by Gasteiger charge is 2.15. The lowest BCUT2D eigenvalue weighted by Crippen LogP contribution is -2.15. The number of alkyl halides is 1. The Kier molecular flexibility index (Phi) is 5.59. The van der Waals surface area contributed by atoms with E-state index in [0.29, 0.717) is 16.8 Å². The Labute approximate surface area is 136 Å². The maximum absolute atomic E-state index is 12.6. The Bertz CT molecular complexity index is 659. The van der Waals surface area contributed by atoms with Crippen molar-refractivity contribution < 1.29 is 9.59 Å². The minimum Gasteiger partial charge on any atom is -0.325 e. The number of carbonyl (C=O) groups excluding carboxylic acids is 2. The fraction of sp³-hybridized carbons (Fsp3) is 0.125. The van der Waals surface area contributed by atoms with Crippen LogP contribution < -0.4 is 5.32 Å². The summed E-state index contributed by atoms with van der Waals surface area (Å²) >= 11 is 4.66. The molecule has 2 rings (SSSR count). The minimum absolute atomic E-state index is 0.101. The minimum atomic E-state index is -0.186.